The summed E-state index contributed by atoms with van der Waals surface area (Å²) in [5.74, 6) is 0.172. The molecule has 1 atom stereocenters. The maximum atomic E-state index is 12.7. The van der Waals surface area contributed by atoms with Gasteiger partial charge in [-0.3, -0.25) is 4.79 Å². The van der Waals surface area contributed by atoms with Gasteiger partial charge in [0.25, 0.3) is 5.91 Å². The molecule has 0 aliphatic rings. The fourth-order valence-electron chi connectivity index (χ4n) is 3.68. The number of nitrogens with zero attached hydrogens (tertiary/aromatic N) is 2. The molecular weight excluding hydrogens is 541 g/mol. The van der Waals surface area contributed by atoms with Crippen LogP contribution in [0.25, 0.3) is 22.4 Å². The van der Waals surface area contributed by atoms with Crippen LogP contribution in [0.3, 0.4) is 0 Å². The van der Waals surface area contributed by atoms with Crippen molar-refractivity contribution in [1.82, 2.24) is 14.6 Å². The van der Waals surface area contributed by atoms with Gasteiger partial charge in [0.15, 0.2) is 0 Å². The Hall–Kier alpha value is -1.98. The number of halogens is 1. The van der Waals surface area contributed by atoms with Crippen molar-refractivity contribution >= 4 is 50.5 Å². The first-order chi connectivity index (χ1) is 15.3. The lowest BCUT2D eigenvalue weighted by atomic mass is 10.0. The van der Waals surface area contributed by atoms with E-state index in [4.69, 9.17) is 4.42 Å². The molecule has 0 bridgehead atoms. The van der Waals surface area contributed by atoms with Gasteiger partial charge in [-0.15, -0.1) is 0 Å². The first-order valence-electron chi connectivity index (χ1n) is 10.4. The summed E-state index contributed by atoms with van der Waals surface area (Å²) in [5.41, 5.74) is 3.18. The molecule has 32 heavy (non-hydrogen) atoms. The number of thiol groups is 1. The first-order valence-corrected chi connectivity index (χ1v) is 12.6. The molecule has 7 nitrogen and oxygen atoms in total. The number of benzene rings is 1. The van der Waals surface area contributed by atoms with E-state index in [-0.39, 0.29) is 18.5 Å². The van der Waals surface area contributed by atoms with Gasteiger partial charge in [-0.2, -0.15) is 4.31 Å². The van der Waals surface area contributed by atoms with Gasteiger partial charge < -0.3 is 9.73 Å². The molecular formula is C23H27IN3O4S. The Morgan fingerprint density at radius 2 is 2.00 bits per heavy atom. The molecule has 1 unspecified atom stereocenters. The number of amides is 1. The molecule has 9 heteroatoms. The number of carbonyl (C=O) groups excluding carboxylic acids is 1. The van der Waals surface area contributed by atoms with Gasteiger partial charge in [-0.1, -0.05) is 50.1 Å². The zero-order valence-corrected chi connectivity index (χ0v) is 21.4. The number of aryl methyl sites for hydroxylation is 1. The molecule has 1 aromatic carbocycles. The molecule has 1 amide bonds. The molecule has 0 fully saturated rings. The standard InChI is InChI=1S/C23H27IN3O4S/c1-5-7-16(6-2)27(32(29)30)13-19-18(24)12-17-20(22(28)25-4)21(31-23(17)26-19)15-10-8-14(3)9-11-15/h8-12,16,32H,1,5-7,13H2,2-4H3,(H,25,28). The number of pyridine rings is 1. The summed E-state index contributed by atoms with van der Waals surface area (Å²) in [4.78, 5) is 17.4. The van der Waals surface area contributed by atoms with Gasteiger partial charge in [0.2, 0.25) is 16.6 Å². The second-order valence-electron chi connectivity index (χ2n) is 7.56. The molecule has 171 valence electrons. The number of hydrogen-bond acceptors (Lipinski definition) is 5. The second kappa shape index (κ2) is 10.8. The average molecular weight is 568 g/mol. The minimum atomic E-state index is -2.79. The third-order valence-electron chi connectivity index (χ3n) is 5.43. The van der Waals surface area contributed by atoms with E-state index in [1.165, 1.54) is 4.31 Å². The van der Waals surface area contributed by atoms with E-state index in [2.05, 4.69) is 39.8 Å². The van der Waals surface area contributed by atoms with E-state index < -0.39 is 10.9 Å². The summed E-state index contributed by atoms with van der Waals surface area (Å²) in [5, 5.41) is 3.27. The zero-order valence-electron chi connectivity index (χ0n) is 18.4. The second-order valence-corrected chi connectivity index (χ2v) is 9.71. The Bertz CT molecular complexity index is 1180. The Kier molecular flexibility index (Phi) is 8.29. The smallest absolute Gasteiger partial charge is 0.255 e. The third kappa shape index (κ3) is 5.15. The number of rotatable bonds is 9. The highest BCUT2D eigenvalue weighted by Crippen LogP contribution is 2.34. The zero-order chi connectivity index (χ0) is 23.4. The summed E-state index contributed by atoms with van der Waals surface area (Å²) in [6, 6.07) is 9.41. The Morgan fingerprint density at radius 3 is 2.56 bits per heavy atom. The molecule has 0 spiro atoms. The summed E-state index contributed by atoms with van der Waals surface area (Å²) in [6.07, 6.45) is 2.02. The van der Waals surface area contributed by atoms with Gasteiger partial charge in [-0.05, 0) is 48.4 Å². The highest BCUT2D eigenvalue weighted by atomic mass is 127. The predicted molar refractivity (Wildman–Crippen MR) is 135 cm³/mol. The summed E-state index contributed by atoms with van der Waals surface area (Å²) < 4.78 is 32.3. The fraction of sp³-hybridized carbons (Fsp3) is 0.348. The normalized spacial score (nSPS) is 12.6. The van der Waals surface area contributed by atoms with Crippen molar-refractivity contribution in [2.24, 2.45) is 0 Å². The van der Waals surface area contributed by atoms with Crippen molar-refractivity contribution < 1.29 is 17.6 Å². The predicted octanol–water partition coefficient (Wildman–Crippen LogP) is 4.49. The van der Waals surface area contributed by atoms with Gasteiger partial charge in [-0.25, -0.2) is 13.4 Å². The molecule has 0 aliphatic heterocycles. The van der Waals surface area contributed by atoms with Crippen molar-refractivity contribution in [3.8, 4) is 11.3 Å². The number of aromatic nitrogens is 1. The number of nitrogens with one attached hydrogen (secondary N) is 1. The minimum Gasteiger partial charge on any atom is -0.437 e. The molecule has 2 heterocycles. The Balaban J connectivity index is 2.13. The maximum Gasteiger partial charge on any atom is 0.255 e. The van der Waals surface area contributed by atoms with Gasteiger partial charge in [0.1, 0.15) is 5.76 Å². The van der Waals surface area contributed by atoms with Crippen molar-refractivity contribution in [2.45, 2.75) is 45.7 Å². The lowest BCUT2D eigenvalue weighted by molar-refractivity contribution is 0.0964. The molecule has 1 N–H and O–H groups in total. The van der Waals surface area contributed by atoms with Crippen LogP contribution < -0.4 is 5.32 Å². The van der Waals surface area contributed by atoms with Gasteiger partial charge in [0.05, 0.1) is 23.2 Å². The molecule has 0 saturated carbocycles. The summed E-state index contributed by atoms with van der Waals surface area (Å²) in [7, 11) is -1.21. The maximum absolute atomic E-state index is 12.7. The van der Waals surface area contributed by atoms with Gasteiger partial charge >= 0.3 is 0 Å². The van der Waals surface area contributed by atoms with E-state index in [0.717, 1.165) is 14.7 Å². The molecule has 3 aromatic rings. The summed E-state index contributed by atoms with van der Waals surface area (Å²) >= 11 is 2.13. The fourth-order valence-corrected chi connectivity index (χ4v) is 5.07. The van der Waals surface area contributed by atoms with E-state index in [9.17, 15) is 13.2 Å². The van der Waals surface area contributed by atoms with Crippen LogP contribution in [0.5, 0.6) is 0 Å². The molecule has 0 saturated heterocycles. The van der Waals surface area contributed by atoms with Crippen molar-refractivity contribution in [1.29, 1.82) is 0 Å². The van der Waals surface area contributed by atoms with Crippen LogP contribution in [0, 0.1) is 17.4 Å². The summed E-state index contributed by atoms with van der Waals surface area (Å²) in [6.45, 7) is 7.95. The lowest BCUT2D eigenvalue weighted by Gasteiger charge is -2.25. The van der Waals surface area contributed by atoms with Crippen LogP contribution in [-0.4, -0.2) is 36.7 Å². The topological polar surface area (TPSA) is 92.5 Å². The molecule has 3 rings (SSSR count). The number of hydrogen-bond donors (Lipinski definition) is 2. The Morgan fingerprint density at radius 1 is 1.31 bits per heavy atom. The first kappa shape index (κ1) is 24.7. The van der Waals surface area contributed by atoms with Crippen LogP contribution in [0.4, 0.5) is 0 Å². The van der Waals surface area contributed by atoms with Crippen LogP contribution in [0.15, 0.2) is 34.7 Å². The van der Waals surface area contributed by atoms with Gasteiger partial charge in [0, 0.05) is 22.2 Å². The third-order valence-corrected chi connectivity index (χ3v) is 7.25. The van der Waals surface area contributed by atoms with Crippen molar-refractivity contribution in [3.63, 3.8) is 0 Å². The average Bonchev–Trinajstić information content (AvgIpc) is 3.13. The highest BCUT2D eigenvalue weighted by molar-refractivity contribution is 14.1. The largest absolute Gasteiger partial charge is 0.437 e. The Labute approximate surface area is 203 Å². The quantitative estimate of drug-likeness (QED) is 0.293. The lowest BCUT2D eigenvalue weighted by Crippen LogP contribution is -2.33. The van der Waals surface area contributed by atoms with E-state index in [1.807, 2.05) is 44.2 Å². The number of fused-ring (bicyclic) bond motifs is 1. The highest BCUT2D eigenvalue weighted by Gasteiger charge is 2.25. The minimum absolute atomic E-state index is 0.136. The molecule has 1 radical (unpaired) electrons. The van der Waals surface area contributed by atoms with Crippen LogP contribution in [0.1, 0.15) is 47.8 Å². The van der Waals surface area contributed by atoms with Crippen molar-refractivity contribution in [2.75, 3.05) is 7.05 Å². The SMILES string of the molecule is [CH2]CCC(CC)N(Cc1nc2oc(-c3ccc(C)cc3)c(C(=O)NC)c2cc1I)[SH](=O)=O. The van der Waals surface area contributed by atoms with Crippen LogP contribution in [-0.2, 0) is 17.4 Å². The van der Waals surface area contributed by atoms with E-state index >= 15 is 0 Å². The van der Waals surface area contributed by atoms with Crippen LogP contribution in [0.2, 0.25) is 0 Å². The van der Waals surface area contributed by atoms with Crippen LogP contribution >= 0.6 is 22.6 Å². The molecule has 0 aliphatic carbocycles. The number of furan rings is 1. The molecule has 2 aromatic heterocycles. The monoisotopic (exact) mass is 568 g/mol. The number of carbonyl (C=O) groups is 1. The van der Waals surface area contributed by atoms with Crippen molar-refractivity contribution in [3.05, 3.63) is 57.6 Å². The van der Waals surface area contributed by atoms with E-state index in [1.54, 1.807) is 7.05 Å². The van der Waals surface area contributed by atoms with E-state index in [0.29, 0.717) is 47.4 Å².